The zero-order chi connectivity index (χ0) is 13.7. The van der Waals surface area contributed by atoms with Crippen molar-refractivity contribution in [2.45, 2.75) is 19.4 Å². The van der Waals surface area contributed by atoms with Gasteiger partial charge in [-0.15, -0.1) is 0 Å². The number of methoxy groups -OCH3 is 1. The number of rotatable bonds is 5. The Morgan fingerprint density at radius 3 is 2.68 bits per heavy atom. The molecule has 1 N–H and O–H groups in total. The zero-order valence-corrected chi connectivity index (χ0v) is 13.4. The Labute approximate surface area is 124 Å². The van der Waals surface area contributed by atoms with Crippen molar-refractivity contribution in [3.8, 4) is 0 Å². The number of anilines is 1. The summed E-state index contributed by atoms with van der Waals surface area (Å²) in [5.41, 5.74) is 2.63. The molecule has 4 heteroatoms. The van der Waals surface area contributed by atoms with Gasteiger partial charge in [-0.2, -0.15) is 0 Å². The minimum absolute atomic E-state index is 0.726. The minimum atomic E-state index is 0.726. The zero-order valence-electron chi connectivity index (χ0n) is 11.8. The van der Waals surface area contributed by atoms with Crippen LogP contribution in [0.25, 0.3) is 0 Å². The van der Waals surface area contributed by atoms with E-state index < -0.39 is 0 Å². The predicted octanol–water partition coefficient (Wildman–Crippen LogP) is 3.03. The second-order valence-corrected chi connectivity index (χ2v) is 6.06. The van der Waals surface area contributed by atoms with Crippen molar-refractivity contribution in [1.82, 2.24) is 5.32 Å². The first-order valence-corrected chi connectivity index (χ1v) is 7.70. The molecule has 0 saturated carbocycles. The lowest BCUT2D eigenvalue weighted by Crippen LogP contribution is -2.35. The molecule has 1 aliphatic heterocycles. The van der Waals surface area contributed by atoms with Crippen molar-refractivity contribution >= 4 is 21.6 Å². The van der Waals surface area contributed by atoms with Gasteiger partial charge in [0.05, 0.1) is 5.69 Å². The van der Waals surface area contributed by atoms with Gasteiger partial charge in [0.25, 0.3) is 0 Å². The summed E-state index contributed by atoms with van der Waals surface area (Å²) >= 11 is 3.70. The van der Waals surface area contributed by atoms with Crippen LogP contribution in [0.1, 0.15) is 18.4 Å². The summed E-state index contributed by atoms with van der Waals surface area (Å²) < 4.78 is 6.45. The SMILES string of the molecule is CNCc1ccc(N2CCC(COC)CC2)c(Br)c1. The van der Waals surface area contributed by atoms with E-state index in [1.54, 1.807) is 7.11 Å². The molecule has 1 heterocycles. The summed E-state index contributed by atoms with van der Waals surface area (Å²) in [6.07, 6.45) is 2.44. The van der Waals surface area contributed by atoms with Gasteiger partial charge in [0.15, 0.2) is 0 Å². The standard InChI is InChI=1S/C15H23BrN2O/c1-17-10-13-3-4-15(14(16)9-13)18-7-5-12(6-8-18)11-19-2/h3-4,9,12,17H,5-8,10-11H2,1-2H3. The predicted molar refractivity (Wildman–Crippen MR) is 83.7 cm³/mol. The monoisotopic (exact) mass is 326 g/mol. The summed E-state index contributed by atoms with van der Waals surface area (Å²) in [7, 11) is 3.77. The van der Waals surface area contributed by atoms with Crippen molar-refractivity contribution < 1.29 is 4.74 Å². The third-order valence-electron chi connectivity index (χ3n) is 3.75. The summed E-state index contributed by atoms with van der Waals surface area (Å²) in [6.45, 7) is 4.06. The molecule has 1 aromatic rings. The fourth-order valence-corrected chi connectivity index (χ4v) is 3.37. The van der Waals surface area contributed by atoms with Crippen LogP contribution in [0.2, 0.25) is 0 Å². The number of hydrogen-bond donors (Lipinski definition) is 1. The molecule has 2 rings (SSSR count). The van der Waals surface area contributed by atoms with Crippen molar-refractivity contribution in [1.29, 1.82) is 0 Å². The maximum Gasteiger partial charge on any atom is 0.0510 e. The van der Waals surface area contributed by atoms with E-state index in [1.165, 1.54) is 28.6 Å². The number of ether oxygens (including phenoxy) is 1. The quantitative estimate of drug-likeness (QED) is 0.900. The molecule has 0 aromatic heterocycles. The molecular weight excluding hydrogens is 304 g/mol. The van der Waals surface area contributed by atoms with Crippen LogP contribution < -0.4 is 10.2 Å². The van der Waals surface area contributed by atoms with Crippen molar-refractivity contribution in [2.24, 2.45) is 5.92 Å². The van der Waals surface area contributed by atoms with Gasteiger partial charge in [0.2, 0.25) is 0 Å². The van der Waals surface area contributed by atoms with Crippen LogP contribution in [0.3, 0.4) is 0 Å². The van der Waals surface area contributed by atoms with E-state index in [0.717, 1.165) is 32.2 Å². The maximum absolute atomic E-state index is 5.25. The smallest absolute Gasteiger partial charge is 0.0510 e. The van der Waals surface area contributed by atoms with E-state index in [-0.39, 0.29) is 0 Å². The third-order valence-corrected chi connectivity index (χ3v) is 4.39. The molecule has 3 nitrogen and oxygen atoms in total. The molecule has 0 radical (unpaired) electrons. The van der Waals surface area contributed by atoms with Gasteiger partial charge < -0.3 is 15.0 Å². The average Bonchev–Trinajstić information content (AvgIpc) is 2.41. The lowest BCUT2D eigenvalue weighted by molar-refractivity contribution is 0.139. The largest absolute Gasteiger partial charge is 0.384 e. The number of nitrogens with zero attached hydrogens (tertiary/aromatic N) is 1. The van der Waals surface area contributed by atoms with Crippen LogP contribution in [0.5, 0.6) is 0 Å². The lowest BCUT2D eigenvalue weighted by atomic mass is 9.97. The third kappa shape index (κ3) is 3.94. The van der Waals surface area contributed by atoms with Gasteiger partial charge in [0, 0.05) is 37.8 Å². The van der Waals surface area contributed by atoms with Crippen LogP contribution in [-0.2, 0) is 11.3 Å². The second kappa shape index (κ2) is 7.27. The van der Waals surface area contributed by atoms with Crippen LogP contribution >= 0.6 is 15.9 Å². The highest BCUT2D eigenvalue weighted by molar-refractivity contribution is 9.10. The summed E-state index contributed by atoms with van der Waals surface area (Å²) in [5.74, 6) is 0.726. The summed E-state index contributed by atoms with van der Waals surface area (Å²) in [6, 6.07) is 6.65. The van der Waals surface area contributed by atoms with Crippen molar-refractivity contribution in [2.75, 3.05) is 38.8 Å². The van der Waals surface area contributed by atoms with E-state index in [4.69, 9.17) is 4.74 Å². The van der Waals surface area contributed by atoms with Crippen LogP contribution in [0.15, 0.2) is 22.7 Å². The van der Waals surface area contributed by atoms with Gasteiger partial charge in [-0.1, -0.05) is 6.07 Å². The molecule has 0 atom stereocenters. The van der Waals surface area contributed by atoms with Gasteiger partial charge in [-0.25, -0.2) is 0 Å². The van der Waals surface area contributed by atoms with Crippen LogP contribution in [0, 0.1) is 5.92 Å². The fraction of sp³-hybridized carbons (Fsp3) is 0.600. The average molecular weight is 327 g/mol. The number of hydrogen-bond acceptors (Lipinski definition) is 3. The molecule has 1 fully saturated rings. The highest BCUT2D eigenvalue weighted by atomic mass is 79.9. The molecule has 19 heavy (non-hydrogen) atoms. The molecule has 0 bridgehead atoms. The topological polar surface area (TPSA) is 24.5 Å². The van der Waals surface area contributed by atoms with E-state index in [2.05, 4.69) is 44.3 Å². The molecule has 106 valence electrons. The first kappa shape index (κ1) is 14.8. The molecule has 1 aromatic carbocycles. The molecule has 0 aliphatic carbocycles. The number of benzene rings is 1. The molecule has 0 unspecified atom stereocenters. The second-order valence-electron chi connectivity index (χ2n) is 5.20. The number of piperidine rings is 1. The Hall–Kier alpha value is -0.580. The fourth-order valence-electron chi connectivity index (χ4n) is 2.70. The number of halogens is 1. The Morgan fingerprint density at radius 1 is 1.37 bits per heavy atom. The molecule has 0 spiro atoms. The van der Waals surface area contributed by atoms with E-state index in [0.29, 0.717) is 0 Å². The Bertz CT molecular complexity index is 403. The van der Waals surface area contributed by atoms with Gasteiger partial charge >= 0.3 is 0 Å². The van der Waals surface area contributed by atoms with Gasteiger partial charge in [0.1, 0.15) is 0 Å². The van der Waals surface area contributed by atoms with E-state index in [9.17, 15) is 0 Å². The maximum atomic E-state index is 5.25. The summed E-state index contributed by atoms with van der Waals surface area (Å²) in [5, 5.41) is 3.18. The first-order chi connectivity index (χ1) is 9.24. The molecular formula is C15H23BrN2O. The molecule has 1 saturated heterocycles. The van der Waals surface area contributed by atoms with E-state index >= 15 is 0 Å². The van der Waals surface area contributed by atoms with Crippen molar-refractivity contribution in [3.05, 3.63) is 28.2 Å². The molecule has 1 aliphatic rings. The summed E-state index contributed by atoms with van der Waals surface area (Å²) in [4.78, 5) is 2.47. The lowest BCUT2D eigenvalue weighted by Gasteiger charge is -2.34. The van der Waals surface area contributed by atoms with Crippen LogP contribution in [-0.4, -0.2) is 33.9 Å². The van der Waals surface area contributed by atoms with Gasteiger partial charge in [-0.05, 0) is 59.4 Å². The van der Waals surface area contributed by atoms with Gasteiger partial charge in [-0.3, -0.25) is 0 Å². The number of nitrogens with one attached hydrogen (secondary N) is 1. The highest BCUT2D eigenvalue weighted by Gasteiger charge is 2.20. The first-order valence-electron chi connectivity index (χ1n) is 6.91. The normalized spacial score (nSPS) is 16.9. The Morgan fingerprint density at radius 2 is 2.11 bits per heavy atom. The molecule has 0 amide bonds. The van der Waals surface area contributed by atoms with E-state index in [1.807, 2.05) is 7.05 Å². The van der Waals surface area contributed by atoms with Crippen molar-refractivity contribution in [3.63, 3.8) is 0 Å². The van der Waals surface area contributed by atoms with Crippen LogP contribution in [0.4, 0.5) is 5.69 Å². The highest BCUT2D eigenvalue weighted by Crippen LogP contribution is 2.30. The Balaban J connectivity index is 1.99. The minimum Gasteiger partial charge on any atom is -0.384 e. The Kier molecular flexibility index (Phi) is 5.67.